The fraction of sp³-hybridized carbons (Fsp3) is 0.267. The van der Waals surface area contributed by atoms with Gasteiger partial charge in [-0.15, -0.1) is 0 Å². The molecule has 2 atom stereocenters. The number of aliphatic hydroxyl groups excluding tert-OH is 1. The Bertz CT molecular complexity index is 1240. The standard InChI is InChI=1S/C30H33N3O5/c31-25-10-4-5-11-26(25)33-29(35)23-14-12-21(13-15-23)20-32-30(36)27-18-24(22-8-2-1-3-9-22)19-28(38-27)37-17-7-6-16-34/h1-5,8-15,18,24,28,34H,6-7,16-17,19-20,31H2,(H,32,36)(H,33,35)/t24-,28+/m0/s1. The third-order valence-electron chi connectivity index (χ3n) is 6.24. The second kappa shape index (κ2) is 13.4. The number of aliphatic hydroxyl groups is 1. The number of hydrogen-bond donors (Lipinski definition) is 4. The number of benzene rings is 3. The average molecular weight is 516 g/mol. The summed E-state index contributed by atoms with van der Waals surface area (Å²) in [6, 6.07) is 24.0. The first-order valence-electron chi connectivity index (χ1n) is 12.7. The molecule has 0 saturated heterocycles. The first kappa shape index (κ1) is 26.9. The highest BCUT2D eigenvalue weighted by Gasteiger charge is 2.28. The Balaban J connectivity index is 1.36. The zero-order valence-corrected chi connectivity index (χ0v) is 21.1. The van der Waals surface area contributed by atoms with Crippen molar-refractivity contribution in [3.8, 4) is 0 Å². The molecule has 38 heavy (non-hydrogen) atoms. The molecule has 8 nitrogen and oxygen atoms in total. The predicted octanol–water partition coefficient (Wildman–Crippen LogP) is 4.34. The van der Waals surface area contributed by atoms with Crippen molar-refractivity contribution < 1.29 is 24.2 Å². The van der Waals surface area contributed by atoms with Crippen LogP contribution in [0.1, 0.15) is 46.7 Å². The van der Waals surface area contributed by atoms with Gasteiger partial charge in [0.05, 0.1) is 18.0 Å². The smallest absolute Gasteiger partial charge is 0.286 e. The number of anilines is 2. The molecule has 1 heterocycles. The second-order valence-corrected chi connectivity index (χ2v) is 9.05. The second-order valence-electron chi connectivity index (χ2n) is 9.05. The summed E-state index contributed by atoms with van der Waals surface area (Å²) in [5.41, 5.74) is 9.34. The number of amides is 2. The van der Waals surface area contributed by atoms with E-state index in [4.69, 9.17) is 20.3 Å². The summed E-state index contributed by atoms with van der Waals surface area (Å²) >= 11 is 0. The molecule has 2 amide bonds. The molecule has 0 fully saturated rings. The van der Waals surface area contributed by atoms with E-state index in [0.717, 1.165) is 11.1 Å². The number of nitrogens with two attached hydrogens (primary N) is 1. The number of unbranched alkanes of at least 4 members (excludes halogenated alkanes) is 1. The lowest BCUT2D eigenvalue weighted by atomic mass is 9.93. The van der Waals surface area contributed by atoms with Gasteiger partial charge in [-0.1, -0.05) is 54.6 Å². The minimum Gasteiger partial charge on any atom is -0.459 e. The van der Waals surface area contributed by atoms with Crippen LogP contribution in [0, 0.1) is 0 Å². The molecule has 3 aromatic carbocycles. The van der Waals surface area contributed by atoms with Crippen molar-refractivity contribution in [2.75, 3.05) is 24.3 Å². The molecule has 3 aromatic rings. The van der Waals surface area contributed by atoms with Gasteiger partial charge in [0.25, 0.3) is 11.8 Å². The molecule has 198 valence electrons. The first-order chi connectivity index (χ1) is 18.5. The van der Waals surface area contributed by atoms with Gasteiger partial charge in [-0.2, -0.15) is 0 Å². The highest BCUT2D eigenvalue weighted by atomic mass is 16.7. The number of nitrogens with one attached hydrogen (secondary N) is 2. The molecule has 0 spiro atoms. The number of carbonyl (C=O) groups excluding carboxylic acids is 2. The third kappa shape index (κ3) is 7.44. The first-order valence-corrected chi connectivity index (χ1v) is 12.7. The minimum atomic E-state index is -0.555. The van der Waals surface area contributed by atoms with Crippen molar-refractivity contribution in [3.05, 3.63) is 107 Å². The number of rotatable bonds is 11. The Morgan fingerprint density at radius 2 is 1.68 bits per heavy atom. The van der Waals surface area contributed by atoms with Crippen LogP contribution in [0.15, 0.2) is 90.7 Å². The Kier molecular flexibility index (Phi) is 9.50. The Morgan fingerprint density at radius 3 is 2.42 bits per heavy atom. The summed E-state index contributed by atoms with van der Waals surface area (Å²) in [6.45, 7) is 0.825. The molecule has 8 heteroatoms. The fourth-order valence-electron chi connectivity index (χ4n) is 4.13. The molecule has 1 aliphatic rings. The summed E-state index contributed by atoms with van der Waals surface area (Å²) in [4.78, 5) is 25.6. The van der Waals surface area contributed by atoms with Crippen LogP contribution < -0.4 is 16.4 Å². The van der Waals surface area contributed by atoms with Crippen molar-refractivity contribution in [1.82, 2.24) is 5.32 Å². The summed E-state index contributed by atoms with van der Waals surface area (Å²) in [6.07, 6.45) is 3.24. The number of carbonyl (C=O) groups is 2. The molecular formula is C30H33N3O5. The SMILES string of the molecule is Nc1ccccc1NC(=O)c1ccc(CNC(=O)C2=C[C@H](c3ccccc3)C[C@H](OCCCCO)O2)cc1. The minimum absolute atomic E-state index is 0.0232. The summed E-state index contributed by atoms with van der Waals surface area (Å²) in [5, 5.41) is 14.7. The number of nitrogen functional groups attached to an aromatic ring is 1. The van der Waals surface area contributed by atoms with Crippen LogP contribution in [0.4, 0.5) is 11.4 Å². The molecule has 0 aliphatic carbocycles. The maximum absolute atomic E-state index is 13.0. The zero-order valence-electron chi connectivity index (χ0n) is 21.1. The molecule has 0 aromatic heterocycles. The van der Waals surface area contributed by atoms with E-state index in [0.29, 0.717) is 42.8 Å². The molecule has 1 aliphatic heterocycles. The summed E-state index contributed by atoms with van der Waals surface area (Å²) in [5.74, 6) is -0.411. The highest BCUT2D eigenvalue weighted by Crippen LogP contribution is 2.31. The van der Waals surface area contributed by atoms with Crippen LogP contribution in [0.2, 0.25) is 0 Å². The Hall–Kier alpha value is -4.14. The van der Waals surface area contributed by atoms with Gasteiger partial charge < -0.3 is 30.9 Å². The van der Waals surface area contributed by atoms with Crippen LogP contribution in [0.3, 0.4) is 0 Å². The molecule has 0 bridgehead atoms. The number of hydrogen-bond acceptors (Lipinski definition) is 6. The molecule has 0 unspecified atom stereocenters. The molecule has 5 N–H and O–H groups in total. The third-order valence-corrected chi connectivity index (χ3v) is 6.24. The molecule has 4 rings (SSSR count). The van der Waals surface area contributed by atoms with Gasteiger partial charge in [-0.3, -0.25) is 9.59 Å². The van der Waals surface area contributed by atoms with Gasteiger partial charge in [-0.05, 0) is 54.3 Å². The van der Waals surface area contributed by atoms with Crippen LogP contribution in [-0.4, -0.2) is 36.4 Å². The van der Waals surface area contributed by atoms with E-state index >= 15 is 0 Å². The van der Waals surface area contributed by atoms with Crippen LogP contribution in [0.25, 0.3) is 0 Å². The maximum Gasteiger partial charge on any atom is 0.286 e. The van der Waals surface area contributed by atoms with Crippen molar-refractivity contribution in [2.24, 2.45) is 0 Å². The molecular weight excluding hydrogens is 482 g/mol. The highest BCUT2D eigenvalue weighted by molar-refractivity contribution is 6.05. The van der Waals surface area contributed by atoms with E-state index in [2.05, 4.69) is 10.6 Å². The van der Waals surface area contributed by atoms with E-state index in [9.17, 15) is 9.59 Å². The lowest BCUT2D eigenvalue weighted by molar-refractivity contribution is -0.146. The Morgan fingerprint density at radius 1 is 0.947 bits per heavy atom. The van der Waals surface area contributed by atoms with Crippen LogP contribution in [0.5, 0.6) is 0 Å². The van der Waals surface area contributed by atoms with Crippen LogP contribution >= 0.6 is 0 Å². The van der Waals surface area contributed by atoms with Gasteiger partial charge in [0.2, 0.25) is 6.29 Å². The van der Waals surface area contributed by atoms with Gasteiger partial charge in [-0.25, -0.2) is 0 Å². The van der Waals surface area contributed by atoms with Gasteiger partial charge in [0, 0.05) is 31.1 Å². The maximum atomic E-state index is 13.0. The van der Waals surface area contributed by atoms with Crippen molar-refractivity contribution in [2.45, 2.75) is 38.0 Å². The van der Waals surface area contributed by atoms with E-state index in [-0.39, 0.29) is 36.6 Å². The predicted molar refractivity (Wildman–Crippen MR) is 146 cm³/mol. The molecule has 0 radical (unpaired) electrons. The number of para-hydroxylation sites is 2. The topological polar surface area (TPSA) is 123 Å². The summed E-state index contributed by atoms with van der Waals surface area (Å²) < 4.78 is 11.8. The van der Waals surface area contributed by atoms with Gasteiger partial charge >= 0.3 is 0 Å². The lowest BCUT2D eigenvalue weighted by Gasteiger charge is -2.29. The monoisotopic (exact) mass is 515 g/mol. The molecule has 0 saturated carbocycles. The zero-order chi connectivity index (χ0) is 26.7. The summed E-state index contributed by atoms with van der Waals surface area (Å²) in [7, 11) is 0. The quantitative estimate of drug-likeness (QED) is 0.223. The van der Waals surface area contributed by atoms with E-state index in [1.165, 1.54) is 0 Å². The average Bonchev–Trinajstić information content (AvgIpc) is 2.96. The van der Waals surface area contributed by atoms with Gasteiger partial charge in [0.1, 0.15) is 0 Å². The van der Waals surface area contributed by atoms with Gasteiger partial charge in [0.15, 0.2) is 5.76 Å². The Labute approximate surface area is 222 Å². The van der Waals surface area contributed by atoms with Crippen LogP contribution in [-0.2, 0) is 20.8 Å². The van der Waals surface area contributed by atoms with E-state index < -0.39 is 6.29 Å². The lowest BCUT2D eigenvalue weighted by Crippen LogP contribution is -2.32. The normalized spacial score (nSPS) is 16.7. The number of allylic oxidation sites excluding steroid dienone is 1. The number of ether oxygens (including phenoxy) is 2. The van der Waals surface area contributed by atoms with E-state index in [1.807, 2.05) is 36.4 Å². The fourth-order valence-corrected chi connectivity index (χ4v) is 4.13. The van der Waals surface area contributed by atoms with Crippen molar-refractivity contribution in [1.29, 1.82) is 0 Å². The largest absolute Gasteiger partial charge is 0.459 e. The van der Waals surface area contributed by atoms with E-state index in [1.54, 1.807) is 48.5 Å². The van der Waals surface area contributed by atoms with Crippen molar-refractivity contribution in [3.63, 3.8) is 0 Å². The van der Waals surface area contributed by atoms with Crippen molar-refractivity contribution >= 4 is 23.2 Å².